The predicted molar refractivity (Wildman–Crippen MR) is 55.9 cm³/mol. The molecule has 0 heterocycles. The quantitative estimate of drug-likeness (QED) is 0.755. The molecule has 0 aliphatic rings. The van der Waals surface area contributed by atoms with Gasteiger partial charge in [-0.3, -0.25) is 0 Å². The van der Waals surface area contributed by atoms with Gasteiger partial charge in [0.25, 0.3) is 0 Å². The van der Waals surface area contributed by atoms with Crippen LogP contribution >= 0.6 is 0 Å². The van der Waals surface area contributed by atoms with Crippen molar-refractivity contribution in [2.45, 2.75) is 12.8 Å². The standard InChI is InChI=1S/C11H15F2NO2/c1-15-11(16-2)7-14-6-8-3-9(12)5-10(13)4-8/h3-5,11,14H,6-7H2,1-2H3. The molecule has 0 fully saturated rings. The van der Waals surface area contributed by atoms with E-state index in [2.05, 4.69) is 5.32 Å². The van der Waals surface area contributed by atoms with E-state index in [1.807, 2.05) is 0 Å². The maximum absolute atomic E-state index is 12.8. The van der Waals surface area contributed by atoms with Crippen LogP contribution in [-0.4, -0.2) is 27.1 Å². The number of rotatable bonds is 6. The zero-order valence-electron chi connectivity index (χ0n) is 9.30. The molecule has 0 bridgehead atoms. The molecule has 1 N–H and O–H groups in total. The summed E-state index contributed by atoms with van der Waals surface area (Å²) in [5.41, 5.74) is 0.545. The Morgan fingerprint density at radius 1 is 1.12 bits per heavy atom. The summed E-state index contributed by atoms with van der Waals surface area (Å²) in [5.74, 6) is -1.15. The molecule has 0 aromatic heterocycles. The number of hydrogen-bond acceptors (Lipinski definition) is 3. The molecular formula is C11H15F2NO2. The van der Waals surface area contributed by atoms with E-state index in [0.717, 1.165) is 6.07 Å². The van der Waals surface area contributed by atoms with Crippen LogP contribution in [0.5, 0.6) is 0 Å². The average Bonchev–Trinajstić information content (AvgIpc) is 2.23. The molecule has 0 atom stereocenters. The van der Waals surface area contributed by atoms with Crippen LogP contribution < -0.4 is 5.32 Å². The maximum atomic E-state index is 12.8. The summed E-state index contributed by atoms with van der Waals surface area (Å²) in [7, 11) is 3.05. The van der Waals surface area contributed by atoms with Crippen molar-refractivity contribution in [3.8, 4) is 0 Å². The summed E-state index contributed by atoms with van der Waals surface area (Å²) in [6, 6.07) is 3.41. The first-order valence-corrected chi connectivity index (χ1v) is 4.87. The van der Waals surface area contributed by atoms with E-state index in [9.17, 15) is 8.78 Å². The van der Waals surface area contributed by atoms with Gasteiger partial charge in [0, 0.05) is 33.4 Å². The average molecular weight is 231 g/mol. The van der Waals surface area contributed by atoms with E-state index in [4.69, 9.17) is 9.47 Å². The second-order valence-electron chi connectivity index (χ2n) is 3.31. The van der Waals surface area contributed by atoms with Gasteiger partial charge in [-0.25, -0.2) is 8.78 Å². The fourth-order valence-electron chi connectivity index (χ4n) is 1.31. The summed E-state index contributed by atoms with van der Waals surface area (Å²) in [6.45, 7) is 0.809. The van der Waals surface area contributed by atoms with Crippen molar-refractivity contribution < 1.29 is 18.3 Å². The minimum absolute atomic E-state index is 0.359. The number of nitrogens with one attached hydrogen (secondary N) is 1. The van der Waals surface area contributed by atoms with Crippen molar-refractivity contribution >= 4 is 0 Å². The molecule has 1 aromatic carbocycles. The lowest BCUT2D eigenvalue weighted by atomic mass is 10.2. The van der Waals surface area contributed by atoms with E-state index in [1.54, 1.807) is 0 Å². The SMILES string of the molecule is COC(CNCc1cc(F)cc(F)c1)OC. The molecule has 1 aromatic rings. The topological polar surface area (TPSA) is 30.5 Å². The first kappa shape index (κ1) is 13.0. The lowest BCUT2D eigenvalue weighted by Gasteiger charge is -2.14. The number of halogens is 2. The molecule has 0 aliphatic heterocycles. The highest BCUT2D eigenvalue weighted by atomic mass is 19.1. The van der Waals surface area contributed by atoms with Crippen LogP contribution in [0.2, 0.25) is 0 Å². The predicted octanol–water partition coefficient (Wildman–Crippen LogP) is 1.67. The van der Waals surface area contributed by atoms with Crippen LogP contribution in [0.15, 0.2) is 18.2 Å². The molecule has 0 spiro atoms. The van der Waals surface area contributed by atoms with Gasteiger partial charge >= 0.3 is 0 Å². The fourth-order valence-corrected chi connectivity index (χ4v) is 1.31. The third-order valence-electron chi connectivity index (χ3n) is 2.09. The monoisotopic (exact) mass is 231 g/mol. The van der Waals surface area contributed by atoms with Crippen molar-refractivity contribution in [3.63, 3.8) is 0 Å². The minimum atomic E-state index is -0.577. The first-order valence-electron chi connectivity index (χ1n) is 4.87. The summed E-state index contributed by atoms with van der Waals surface area (Å²) < 4.78 is 35.6. The summed E-state index contributed by atoms with van der Waals surface area (Å²) in [6.07, 6.45) is -0.363. The third-order valence-corrected chi connectivity index (χ3v) is 2.09. The molecule has 0 unspecified atom stereocenters. The molecule has 16 heavy (non-hydrogen) atoms. The van der Waals surface area contributed by atoms with Gasteiger partial charge in [0.2, 0.25) is 0 Å². The summed E-state index contributed by atoms with van der Waals surface area (Å²) in [4.78, 5) is 0. The van der Waals surface area contributed by atoms with Gasteiger partial charge in [0.15, 0.2) is 6.29 Å². The zero-order valence-corrected chi connectivity index (χ0v) is 9.30. The normalized spacial score (nSPS) is 11.1. The van der Waals surface area contributed by atoms with Gasteiger partial charge in [-0.05, 0) is 17.7 Å². The van der Waals surface area contributed by atoms with Crippen molar-refractivity contribution in [1.82, 2.24) is 5.32 Å². The van der Waals surface area contributed by atoms with E-state index in [0.29, 0.717) is 18.7 Å². The molecular weight excluding hydrogens is 216 g/mol. The van der Waals surface area contributed by atoms with Crippen LogP contribution in [0.3, 0.4) is 0 Å². The van der Waals surface area contributed by atoms with Crippen molar-refractivity contribution in [2.24, 2.45) is 0 Å². The van der Waals surface area contributed by atoms with E-state index < -0.39 is 11.6 Å². The molecule has 0 saturated heterocycles. The molecule has 0 saturated carbocycles. The van der Waals surface area contributed by atoms with Gasteiger partial charge < -0.3 is 14.8 Å². The van der Waals surface area contributed by atoms with Crippen molar-refractivity contribution in [2.75, 3.05) is 20.8 Å². The lowest BCUT2D eigenvalue weighted by Crippen LogP contribution is -2.29. The van der Waals surface area contributed by atoms with E-state index in [-0.39, 0.29) is 6.29 Å². The number of hydrogen-bond donors (Lipinski definition) is 1. The molecule has 5 heteroatoms. The van der Waals surface area contributed by atoms with Gasteiger partial charge in [-0.2, -0.15) is 0 Å². The van der Waals surface area contributed by atoms with Gasteiger partial charge in [0.1, 0.15) is 11.6 Å². The highest BCUT2D eigenvalue weighted by Gasteiger charge is 2.05. The number of benzene rings is 1. The molecule has 90 valence electrons. The Morgan fingerprint density at radius 3 is 2.19 bits per heavy atom. The Morgan fingerprint density at radius 2 is 1.69 bits per heavy atom. The minimum Gasteiger partial charge on any atom is -0.355 e. The van der Waals surface area contributed by atoms with Crippen LogP contribution in [-0.2, 0) is 16.0 Å². The Labute approximate surface area is 93.4 Å². The van der Waals surface area contributed by atoms with Crippen LogP contribution in [0.4, 0.5) is 8.78 Å². The Balaban J connectivity index is 2.42. The number of ether oxygens (including phenoxy) is 2. The molecule has 1 rings (SSSR count). The molecule has 0 aliphatic carbocycles. The lowest BCUT2D eigenvalue weighted by molar-refractivity contribution is -0.0989. The molecule has 3 nitrogen and oxygen atoms in total. The second-order valence-corrected chi connectivity index (χ2v) is 3.31. The maximum Gasteiger partial charge on any atom is 0.169 e. The van der Waals surface area contributed by atoms with Crippen LogP contribution in [0.25, 0.3) is 0 Å². The van der Waals surface area contributed by atoms with Crippen LogP contribution in [0.1, 0.15) is 5.56 Å². The van der Waals surface area contributed by atoms with Gasteiger partial charge in [-0.15, -0.1) is 0 Å². The fraction of sp³-hybridized carbons (Fsp3) is 0.455. The van der Waals surface area contributed by atoms with Crippen molar-refractivity contribution in [1.29, 1.82) is 0 Å². The highest BCUT2D eigenvalue weighted by Crippen LogP contribution is 2.07. The largest absolute Gasteiger partial charge is 0.355 e. The highest BCUT2D eigenvalue weighted by molar-refractivity contribution is 5.17. The molecule has 0 radical (unpaired) electrons. The van der Waals surface area contributed by atoms with Gasteiger partial charge in [-0.1, -0.05) is 0 Å². The number of methoxy groups -OCH3 is 2. The van der Waals surface area contributed by atoms with Crippen LogP contribution in [0, 0.1) is 11.6 Å². The molecule has 0 amide bonds. The van der Waals surface area contributed by atoms with E-state index in [1.165, 1.54) is 26.4 Å². The van der Waals surface area contributed by atoms with Gasteiger partial charge in [0.05, 0.1) is 0 Å². The summed E-state index contributed by atoms with van der Waals surface area (Å²) in [5, 5.41) is 2.97. The zero-order chi connectivity index (χ0) is 12.0. The Kier molecular flexibility index (Phi) is 5.31. The van der Waals surface area contributed by atoms with Crippen molar-refractivity contribution in [3.05, 3.63) is 35.4 Å². The Hall–Kier alpha value is -1.04. The summed E-state index contributed by atoms with van der Waals surface area (Å²) >= 11 is 0. The smallest absolute Gasteiger partial charge is 0.169 e. The Bertz CT molecular complexity index is 310. The van der Waals surface area contributed by atoms with E-state index >= 15 is 0 Å². The third kappa shape index (κ3) is 4.22. The second kappa shape index (κ2) is 6.52. The first-order chi connectivity index (χ1) is 7.65.